The van der Waals surface area contributed by atoms with Crippen molar-refractivity contribution in [2.24, 2.45) is 0 Å². The summed E-state index contributed by atoms with van der Waals surface area (Å²) >= 11 is 0. The van der Waals surface area contributed by atoms with Gasteiger partial charge in [0.05, 0.1) is 30.1 Å². The van der Waals surface area contributed by atoms with Crippen LogP contribution in [-0.2, 0) is 22.7 Å². The number of pyridine rings is 2. The van der Waals surface area contributed by atoms with Crippen LogP contribution in [0.25, 0.3) is 22.3 Å². The van der Waals surface area contributed by atoms with Crippen molar-refractivity contribution in [3.05, 3.63) is 50.8 Å². The van der Waals surface area contributed by atoms with Gasteiger partial charge in [-0.1, -0.05) is 12.8 Å². The van der Waals surface area contributed by atoms with Gasteiger partial charge in [-0.3, -0.25) is 4.79 Å². The highest BCUT2D eigenvalue weighted by molar-refractivity contribution is 5.91. The Morgan fingerprint density at radius 3 is 2.73 bits per heavy atom. The minimum absolute atomic E-state index is 0.0158. The maximum Gasteiger partial charge on any atom is 0.257 e. The number of aliphatic hydroxyl groups excluding tert-OH is 1. The third-order valence-corrected chi connectivity index (χ3v) is 7.12. The molecule has 0 saturated heterocycles. The molecule has 170 valence electrons. The first kappa shape index (κ1) is 20.4. The molecule has 1 saturated carbocycles. The van der Waals surface area contributed by atoms with Gasteiger partial charge in [0.2, 0.25) is 6.79 Å². The second kappa shape index (κ2) is 7.67. The summed E-state index contributed by atoms with van der Waals surface area (Å²) in [6, 6.07) is 5.63. The molecule has 0 radical (unpaired) electrons. The van der Waals surface area contributed by atoms with Crippen LogP contribution < -0.4 is 15.0 Å². The van der Waals surface area contributed by atoms with Gasteiger partial charge in [-0.15, -0.1) is 0 Å². The molecule has 4 heterocycles. The van der Waals surface area contributed by atoms with Crippen LogP contribution in [0.5, 0.6) is 11.5 Å². The minimum atomic E-state index is -1.40. The first-order valence-electron chi connectivity index (χ1n) is 11.3. The van der Waals surface area contributed by atoms with E-state index in [4.69, 9.17) is 19.2 Å². The third kappa shape index (κ3) is 3.01. The van der Waals surface area contributed by atoms with Crippen LogP contribution in [0.15, 0.2) is 23.0 Å². The van der Waals surface area contributed by atoms with E-state index >= 15 is 0 Å². The number of aliphatic hydroxyl groups is 1. The van der Waals surface area contributed by atoms with Crippen LogP contribution in [0.1, 0.15) is 60.0 Å². The van der Waals surface area contributed by atoms with Gasteiger partial charge >= 0.3 is 0 Å². The summed E-state index contributed by atoms with van der Waals surface area (Å²) < 4.78 is 18.1. The van der Waals surface area contributed by atoms with Crippen molar-refractivity contribution >= 4 is 17.2 Å². The minimum Gasteiger partial charge on any atom is -0.454 e. The van der Waals surface area contributed by atoms with E-state index in [9.17, 15) is 14.7 Å². The maximum atomic E-state index is 13.4. The molecule has 2 aromatic heterocycles. The molecule has 3 aliphatic rings. The topological polar surface area (TPSA) is 99.9 Å². The predicted molar refractivity (Wildman–Crippen MR) is 120 cm³/mol. The van der Waals surface area contributed by atoms with Crippen molar-refractivity contribution in [2.45, 2.75) is 50.9 Å². The van der Waals surface area contributed by atoms with Gasteiger partial charge in [0, 0.05) is 35.3 Å². The van der Waals surface area contributed by atoms with Crippen molar-refractivity contribution in [2.75, 3.05) is 13.9 Å². The summed E-state index contributed by atoms with van der Waals surface area (Å²) in [6.07, 6.45) is 3.56. The molecule has 8 heteroatoms. The molecule has 1 unspecified atom stereocenters. The molecule has 2 aliphatic heterocycles. The Morgan fingerprint density at radius 2 is 2.00 bits per heavy atom. The molecule has 6 rings (SSSR count). The number of carbonyl (C=O) groups is 1. The Kier molecular flexibility index (Phi) is 4.74. The zero-order valence-corrected chi connectivity index (χ0v) is 18.3. The fourth-order valence-electron chi connectivity index (χ4n) is 5.62. The number of aldehydes is 1. The Bertz CT molecular complexity index is 1360. The molecule has 8 nitrogen and oxygen atoms in total. The number of ether oxygens (including phenoxy) is 3. The molecule has 1 aromatic carbocycles. The Balaban J connectivity index is 1.64. The van der Waals surface area contributed by atoms with Gasteiger partial charge in [-0.05, 0) is 36.5 Å². The fraction of sp³-hybridized carbons (Fsp3) is 0.400. The van der Waals surface area contributed by atoms with Crippen LogP contribution in [0.4, 0.5) is 0 Å². The second-order valence-corrected chi connectivity index (χ2v) is 8.93. The summed E-state index contributed by atoms with van der Waals surface area (Å²) in [5, 5.41) is 11.4. The number of carbonyl (C=O) groups excluding carboxylic acids is 1. The Labute approximate surface area is 189 Å². The molecular formula is C25H24N2O6. The highest BCUT2D eigenvalue weighted by Crippen LogP contribution is 2.47. The van der Waals surface area contributed by atoms with Crippen LogP contribution >= 0.6 is 0 Å². The van der Waals surface area contributed by atoms with E-state index in [-0.39, 0.29) is 24.5 Å². The highest BCUT2D eigenvalue weighted by Gasteiger charge is 2.33. The van der Waals surface area contributed by atoms with E-state index in [0.717, 1.165) is 40.8 Å². The molecule has 3 aromatic rings. The van der Waals surface area contributed by atoms with Gasteiger partial charge in [0.25, 0.3) is 5.56 Å². The SMILES string of the molecule is COCc1c(C(O)C=O)cc2n(c1=O)Cc1c-2nc2cc3c(cc2c1C1CCCC1)OCO3. The largest absolute Gasteiger partial charge is 0.454 e. The highest BCUT2D eigenvalue weighted by atomic mass is 16.7. The summed E-state index contributed by atoms with van der Waals surface area (Å²) in [6.45, 7) is 0.612. The maximum absolute atomic E-state index is 13.4. The van der Waals surface area contributed by atoms with E-state index in [1.807, 2.05) is 12.1 Å². The van der Waals surface area contributed by atoms with Gasteiger partial charge in [0.1, 0.15) is 6.10 Å². The average molecular weight is 448 g/mol. The predicted octanol–water partition coefficient (Wildman–Crippen LogP) is 3.19. The van der Waals surface area contributed by atoms with Crippen LogP contribution in [0.2, 0.25) is 0 Å². The number of hydrogen-bond acceptors (Lipinski definition) is 7. The number of methoxy groups -OCH3 is 1. The third-order valence-electron chi connectivity index (χ3n) is 7.12. The van der Waals surface area contributed by atoms with Crippen molar-refractivity contribution < 1.29 is 24.1 Å². The lowest BCUT2D eigenvalue weighted by Gasteiger charge is -2.18. The summed E-state index contributed by atoms with van der Waals surface area (Å²) in [5.74, 6) is 1.76. The van der Waals surface area contributed by atoms with Crippen molar-refractivity contribution in [3.8, 4) is 22.9 Å². The van der Waals surface area contributed by atoms with Crippen LogP contribution in [-0.4, -0.2) is 34.8 Å². The summed E-state index contributed by atoms with van der Waals surface area (Å²) in [5.41, 5.74) is 4.69. The smallest absolute Gasteiger partial charge is 0.257 e. The Hall–Kier alpha value is -3.23. The van der Waals surface area contributed by atoms with E-state index in [2.05, 4.69) is 0 Å². The molecule has 1 aliphatic carbocycles. The molecule has 0 spiro atoms. The van der Waals surface area contributed by atoms with Gasteiger partial charge in [-0.25, -0.2) is 4.98 Å². The lowest BCUT2D eigenvalue weighted by molar-refractivity contribution is -0.115. The number of aromatic nitrogens is 2. The normalized spacial score (nSPS) is 17.4. The standard InChI is InChI=1S/C25H24N2O6/c1-31-11-17-14(20(29)10-28)6-19-24-16(9-27(19)25(17)30)23(13-4-2-3-5-13)15-7-21-22(33-12-32-21)8-18(15)26-24/h6-8,10,13,20,29H,2-5,9,11-12H2,1H3. The van der Waals surface area contributed by atoms with E-state index in [1.165, 1.54) is 25.5 Å². The van der Waals surface area contributed by atoms with Crippen molar-refractivity contribution in [1.29, 1.82) is 0 Å². The quantitative estimate of drug-likeness (QED) is 0.468. The first-order chi connectivity index (χ1) is 16.1. The first-order valence-corrected chi connectivity index (χ1v) is 11.3. The average Bonchev–Trinajstić information content (AvgIpc) is 3.57. The van der Waals surface area contributed by atoms with E-state index < -0.39 is 6.10 Å². The van der Waals surface area contributed by atoms with Gasteiger partial charge in [0.15, 0.2) is 17.8 Å². The molecule has 0 bridgehead atoms. The number of rotatable bonds is 5. The summed E-state index contributed by atoms with van der Waals surface area (Å²) in [7, 11) is 1.49. The van der Waals surface area contributed by atoms with Crippen LogP contribution in [0, 0.1) is 0 Å². The monoisotopic (exact) mass is 448 g/mol. The van der Waals surface area contributed by atoms with Crippen LogP contribution in [0.3, 0.4) is 0 Å². The second-order valence-electron chi connectivity index (χ2n) is 8.93. The zero-order chi connectivity index (χ0) is 22.7. The number of nitrogens with zero attached hydrogens (tertiary/aromatic N) is 2. The van der Waals surface area contributed by atoms with Gasteiger partial charge < -0.3 is 28.7 Å². The number of benzene rings is 1. The molecular weight excluding hydrogens is 424 g/mol. The molecule has 33 heavy (non-hydrogen) atoms. The molecule has 1 fully saturated rings. The van der Waals surface area contributed by atoms with E-state index in [0.29, 0.717) is 35.8 Å². The lowest BCUT2D eigenvalue weighted by atomic mass is 9.88. The van der Waals surface area contributed by atoms with Gasteiger partial charge in [-0.2, -0.15) is 0 Å². The Morgan fingerprint density at radius 1 is 1.24 bits per heavy atom. The summed E-state index contributed by atoms with van der Waals surface area (Å²) in [4.78, 5) is 29.8. The molecule has 0 amide bonds. The fourth-order valence-corrected chi connectivity index (χ4v) is 5.62. The zero-order valence-electron chi connectivity index (χ0n) is 18.3. The molecule has 1 N–H and O–H groups in total. The number of fused-ring (bicyclic) bond motifs is 5. The number of hydrogen-bond donors (Lipinski definition) is 1. The van der Waals surface area contributed by atoms with Crippen molar-refractivity contribution in [3.63, 3.8) is 0 Å². The van der Waals surface area contributed by atoms with E-state index in [1.54, 1.807) is 10.6 Å². The molecule has 1 atom stereocenters. The van der Waals surface area contributed by atoms with Crippen molar-refractivity contribution in [1.82, 2.24) is 9.55 Å². The lowest BCUT2D eigenvalue weighted by Crippen LogP contribution is -2.26.